The van der Waals surface area contributed by atoms with Crippen molar-refractivity contribution in [2.45, 2.75) is 0 Å². The van der Waals surface area contributed by atoms with Gasteiger partial charge in [-0.3, -0.25) is 0 Å². The van der Waals surface area contributed by atoms with Gasteiger partial charge < -0.3 is 11.1 Å². The van der Waals surface area contributed by atoms with Crippen LogP contribution in [0.15, 0.2) is 24.4 Å². The average Bonchev–Trinajstić information content (AvgIpc) is 2.27. The number of benzene rings is 1. The van der Waals surface area contributed by atoms with E-state index in [2.05, 4.69) is 15.3 Å². The molecule has 0 amide bonds. The quantitative estimate of drug-likeness (QED) is 0.883. The fraction of sp³-hybridized carbons (Fsp3) is 0. The third kappa shape index (κ3) is 2.91. The molecule has 0 radical (unpaired) electrons. The van der Waals surface area contributed by atoms with E-state index in [9.17, 15) is 0 Å². The molecule has 1 aromatic heterocycles. The molecule has 7 heteroatoms. The summed E-state index contributed by atoms with van der Waals surface area (Å²) in [4.78, 5) is 7.72. The Morgan fingerprint density at radius 3 is 2.59 bits per heavy atom. The molecule has 1 aromatic carbocycles. The third-order valence-electron chi connectivity index (χ3n) is 1.95. The van der Waals surface area contributed by atoms with Crippen LogP contribution in [-0.2, 0) is 0 Å². The zero-order valence-corrected chi connectivity index (χ0v) is 10.7. The summed E-state index contributed by atoms with van der Waals surface area (Å²) in [6.07, 6.45) is 1.41. The van der Waals surface area contributed by atoms with Crippen LogP contribution in [-0.4, -0.2) is 9.97 Å². The Hall–Kier alpha value is -1.23. The second-order valence-electron chi connectivity index (χ2n) is 3.17. The van der Waals surface area contributed by atoms with E-state index in [0.717, 1.165) is 0 Å². The number of aromatic nitrogens is 2. The van der Waals surface area contributed by atoms with Crippen molar-refractivity contribution < 1.29 is 0 Å². The van der Waals surface area contributed by atoms with Crippen LogP contribution < -0.4 is 11.1 Å². The fourth-order valence-electron chi connectivity index (χ4n) is 1.19. The molecule has 0 bridgehead atoms. The summed E-state index contributed by atoms with van der Waals surface area (Å²) in [6, 6.07) is 5.04. The lowest BCUT2D eigenvalue weighted by molar-refractivity contribution is 1.18. The molecule has 0 spiro atoms. The first-order valence-electron chi connectivity index (χ1n) is 4.56. The van der Waals surface area contributed by atoms with Crippen LogP contribution in [0.25, 0.3) is 0 Å². The van der Waals surface area contributed by atoms with Crippen LogP contribution in [0.4, 0.5) is 17.5 Å². The standard InChI is InChI=1S/C10H7Cl3N4/c11-5-1-2-8(6(12)3-5)16-9-7(13)4-15-10(14)17-9/h1-4H,(H3,14,15,16,17). The van der Waals surface area contributed by atoms with Gasteiger partial charge in [0.1, 0.15) is 5.02 Å². The van der Waals surface area contributed by atoms with Gasteiger partial charge in [0.15, 0.2) is 5.82 Å². The SMILES string of the molecule is Nc1ncc(Cl)c(Nc2ccc(Cl)cc2Cl)n1. The summed E-state index contributed by atoms with van der Waals surface area (Å²) >= 11 is 17.7. The number of nitrogens with two attached hydrogens (primary N) is 1. The van der Waals surface area contributed by atoms with E-state index in [0.29, 0.717) is 26.6 Å². The summed E-state index contributed by atoms with van der Waals surface area (Å²) in [5.74, 6) is 0.519. The molecule has 3 N–H and O–H groups in total. The minimum atomic E-state index is 0.127. The van der Waals surface area contributed by atoms with E-state index in [1.54, 1.807) is 18.2 Å². The average molecular weight is 290 g/mol. The fourth-order valence-corrected chi connectivity index (χ4v) is 1.78. The minimum absolute atomic E-state index is 0.127. The molecule has 0 atom stereocenters. The molecule has 2 rings (SSSR count). The molecule has 17 heavy (non-hydrogen) atoms. The zero-order valence-electron chi connectivity index (χ0n) is 8.42. The Bertz CT molecular complexity index is 559. The molecule has 0 aliphatic heterocycles. The Balaban J connectivity index is 2.34. The van der Waals surface area contributed by atoms with E-state index in [1.807, 2.05) is 0 Å². The van der Waals surface area contributed by atoms with Crippen LogP contribution >= 0.6 is 34.8 Å². The van der Waals surface area contributed by atoms with Gasteiger partial charge in [0, 0.05) is 5.02 Å². The Morgan fingerprint density at radius 1 is 1.12 bits per heavy atom. The highest BCUT2D eigenvalue weighted by atomic mass is 35.5. The van der Waals surface area contributed by atoms with Crippen molar-refractivity contribution >= 4 is 52.3 Å². The topological polar surface area (TPSA) is 63.8 Å². The van der Waals surface area contributed by atoms with Crippen molar-refractivity contribution in [3.63, 3.8) is 0 Å². The first-order valence-corrected chi connectivity index (χ1v) is 5.70. The molecule has 0 aliphatic rings. The molecule has 2 aromatic rings. The lowest BCUT2D eigenvalue weighted by atomic mass is 10.3. The predicted molar refractivity (Wildman–Crippen MR) is 71.2 cm³/mol. The monoisotopic (exact) mass is 288 g/mol. The Kier molecular flexibility index (Phi) is 3.57. The van der Waals surface area contributed by atoms with Crippen LogP contribution in [0.2, 0.25) is 15.1 Å². The van der Waals surface area contributed by atoms with Gasteiger partial charge in [0.2, 0.25) is 5.95 Å². The van der Waals surface area contributed by atoms with Gasteiger partial charge in [-0.2, -0.15) is 4.98 Å². The normalized spacial score (nSPS) is 10.3. The first kappa shape index (κ1) is 12.2. The molecule has 0 aliphatic carbocycles. The Morgan fingerprint density at radius 2 is 1.88 bits per heavy atom. The second-order valence-corrected chi connectivity index (χ2v) is 4.42. The number of nitrogens with zero attached hydrogens (tertiary/aromatic N) is 2. The molecule has 1 heterocycles. The van der Waals surface area contributed by atoms with Crippen molar-refractivity contribution in [1.82, 2.24) is 9.97 Å². The van der Waals surface area contributed by atoms with Crippen molar-refractivity contribution in [1.29, 1.82) is 0 Å². The number of nitrogens with one attached hydrogen (secondary N) is 1. The maximum absolute atomic E-state index is 6.01. The number of hydrogen-bond donors (Lipinski definition) is 2. The molecule has 88 valence electrons. The highest BCUT2D eigenvalue weighted by Crippen LogP contribution is 2.30. The third-order valence-corrected chi connectivity index (χ3v) is 2.77. The van der Waals surface area contributed by atoms with E-state index in [-0.39, 0.29) is 5.95 Å². The summed E-state index contributed by atoms with van der Waals surface area (Å²) in [6.45, 7) is 0. The van der Waals surface area contributed by atoms with E-state index in [4.69, 9.17) is 40.5 Å². The summed E-state index contributed by atoms with van der Waals surface area (Å²) in [7, 11) is 0. The van der Waals surface area contributed by atoms with Gasteiger partial charge in [0.05, 0.1) is 16.9 Å². The number of hydrogen-bond acceptors (Lipinski definition) is 4. The highest BCUT2D eigenvalue weighted by Gasteiger charge is 2.07. The summed E-state index contributed by atoms with van der Waals surface area (Å²) < 4.78 is 0. The van der Waals surface area contributed by atoms with Gasteiger partial charge in [-0.05, 0) is 18.2 Å². The second kappa shape index (κ2) is 4.96. The smallest absolute Gasteiger partial charge is 0.222 e. The molecule has 0 fully saturated rings. The highest BCUT2D eigenvalue weighted by molar-refractivity contribution is 6.36. The van der Waals surface area contributed by atoms with Crippen molar-refractivity contribution in [2.75, 3.05) is 11.1 Å². The zero-order chi connectivity index (χ0) is 12.4. The number of anilines is 3. The van der Waals surface area contributed by atoms with Gasteiger partial charge in [0.25, 0.3) is 0 Å². The number of rotatable bonds is 2. The summed E-state index contributed by atoms with van der Waals surface area (Å²) in [5.41, 5.74) is 6.10. The first-order chi connectivity index (χ1) is 8.06. The molecule has 0 saturated carbocycles. The molecule has 0 saturated heterocycles. The largest absolute Gasteiger partial charge is 0.368 e. The lowest BCUT2D eigenvalue weighted by Gasteiger charge is -2.09. The predicted octanol–water partition coefficient (Wildman–Crippen LogP) is 3.76. The lowest BCUT2D eigenvalue weighted by Crippen LogP contribution is -2.00. The summed E-state index contributed by atoms with van der Waals surface area (Å²) in [5, 5.41) is 4.32. The van der Waals surface area contributed by atoms with Crippen LogP contribution in [0.5, 0.6) is 0 Å². The van der Waals surface area contributed by atoms with Gasteiger partial charge in [-0.15, -0.1) is 0 Å². The molecular weight excluding hydrogens is 282 g/mol. The Labute approximate surface area is 113 Å². The van der Waals surface area contributed by atoms with E-state index < -0.39 is 0 Å². The van der Waals surface area contributed by atoms with Crippen LogP contribution in [0.3, 0.4) is 0 Å². The molecular formula is C10H7Cl3N4. The maximum Gasteiger partial charge on any atom is 0.222 e. The minimum Gasteiger partial charge on any atom is -0.368 e. The van der Waals surface area contributed by atoms with Crippen LogP contribution in [0, 0.1) is 0 Å². The molecule has 4 nitrogen and oxygen atoms in total. The van der Waals surface area contributed by atoms with Gasteiger partial charge in [-0.1, -0.05) is 34.8 Å². The maximum atomic E-state index is 6.01. The number of halogens is 3. The van der Waals surface area contributed by atoms with Gasteiger partial charge in [-0.25, -0.2) is 4.98 Å². The number of nitrogen functional groups attached to an aromatic ring is 1. The van der Waals surface area contributed by atoms with Gasteiger partial charge >= 0.3 is 0 Å². The van der Waals surface area contributed by atoms with Crippen molar-refractivity contribution in [3.8, 4) is 0 Å². The van der Waals surface area contributed by atoms with Crippen molar-refractivity contribution in [3.05, 3.63) is 39.5 Å². The van der Waals surface area contributed by atoms with E-state index >= 15 is 0 Å². The van der Waals surface area contributed by atoms with Crippen molar-refractivity contribution in [2.24, 2.45) is 0 Å². The van der Waals surface area contributed by atoms with Crippen LogP contribution in [0.1, 0.15) is 0 Å². The molecule has 0 unspecified atom stereocenters. The van der Waals surface area contributed by atoms with E-state index in [1.165, 1.54) is 6.20 Å².